The van der Waals surface area contributed by atoms with E-state index in [1.54, 1.807) is 36.4 Å². The van der Waals surface area contributed by atoms with Gasteiger partial charge in [-0.2, -0.15) is 13.2 Å². The topological polar surface area (TPSA) is 92.4 Å². The van der Waals surface area contributed by atoms with Gasteiger partial charge in [0.2, 0.25) is 5.91 Å². The Morgan fingerprint density at radius 1 is 1.03 bits per heavy atom. The Bertz CT molecular complexity index is 1150. The number of pyridine rings is 1. The van der Waals surface area contributed by atoms with E-state index in [1.807, 2.05) is 0 Å². The number of anilines is 3. The number of hydrogen-bond acceptors (Lipinski definition) is 5. The number of nitrogens with zero attached hydrogens (tertiary/aromatic N) is 1. The first-order valence-corrected chi connectivity index (χ1v) is 9.79. The highest BCUT2D eigenvalue weighted by Crippen LogP contribution is 2.37. The molecule has 0 bridgehead atoms. The normalized spacial score (nSPS) is 10.9. The lowest BCUT2D eigenvalue weighted by Gasteiger charge is -2.17. The molecular formula is C23H21F3N4O3. The second-order valence-corrected chi connectivity index (χ2v) is 6.94. The van der Waals surface area contributed by atoms with Crippen LogP contribution in [0.1, 0.15) is 21.5 Å². The van der Waals surface area contributed by atoms with Crippen LogP contribution in [0, 0.1) is 0 Å². The quantitative estimate of drug-likeness (QED) is 0.488. The number of benzene rings is 2. The Balaban J connectivity index is 1.86. The highest BCUT2D eigenvalue weighted by Gasteiger charge is 2.34. The maximum atomic E-state index is 13.6. The lowest BCUT2D eigenvalue weighted by atomic mass is 10.1. The third-order valence-corrected chi connectivity index (χ3v) is 4.67. The molecule has 0 aliphatic rings. The number of nitrogens with one attached hydrogen (secondary N) is 3. The lowest BCUT2D eigenvalue weighted by Crippen LogP contribution is -2.20. The van der Waals surface area contributed by atoms with E-state index in [0.29, 0.717) is 17.5 Å². The number of methoxy groups -OCH3 is 1. The van der Waals surface area contributed by atoms with Gasteiger partial charge in [0.1, 0.15) is 11.6 Å². The standard InChI is InChI=1S/C23H21F3N4O3/c1-27-22(32)16-5-3-4-6-18(16)29-19-12-20(28-13-17(19)23(24,25)26)30-21(31)11-14-7-9-15(33-2)10-8-14/h3-10,12-13H,11H2,1-2H3,(H,27,32)(H2,28,29,30,31). The average Bonchev–Trinajstić information content (AvgIpc) is 2.78. The van der Waals surface area contributed by atoms with Gasteiger partial charge in [0.15, 0.2) is 0 Å². The summed E-state index contributed by atoms with van der Waals surface area (Å²) in [4.78, 5) is 28.2. The van der Waals surface area contributed by atoms with Crippen LogP contribution in [-0.2, 0) is 17.4 Å². The minimum atomic E-state index is -4.71. The van der Waals surface area contributed by atoms with E-state index in [2.05, 4.69) is 20.9 Å². The SMILES string of the molecule is CNC(=O)c1ccccc1Nc1cc(NC(=O)Cc2ccc(OC)cc2)ncc1C(F)(F)F. The van der Waals surface area contributed by atoms with Crippen LogP contribution in [0.25, 0.3) is 0 Å². The molecule has 0 saturated heterocycles. The van der Waals surface area contributed by atoms with Crippen LogP contribution in [0.4, 0.5) is 30.4 Å². The highest BCUT2D eigenvalue weighted by molar-refractivity contribution is 6.00. The second-order valence-electron chi connectivity index (χ2n) is 6.94. The summed E-state index contributed by atoms with van der Waals surface area (Å²) in [6, 6.07) is 14.0. The number of ether oxygens (including phenoxy) is 1. The molecule has 2 aromatic carbocycles. The third-order valence-electron chi connectivity index (χ3n) is 4.67. The van der Waals surface area contributed by atoms with Gasteiger partial charge >= 0.3 is 6.18 Å². The Morgan fingerprint density at radius 2 is 1.73 bits per heavy atom. The van der Waals surface area contributed by atoms with E-state index in [0.717, 1.165) is 6.07 Å². The molecule has 0 spiro atoms. The fourth-order valence-corrected chi connectivity index (χ4v) is 3.04. The van der Waals surface area contributed by atoms with Gasteiger partial charge in [-0.1, -0.05) is 24.3 Å². The van der Waals surface area contributed by atoms with Crippen molar-refractivity contribution in [1.29, 1.82) is 0 Å². The first-order valence-electron chi connectivity index (χ1n) is 9.79. The zero-order chi connectivity index (χ0) is 24.0. The summed E-state index contributed by atoms with van der Waals surface area (Å²) in [6.45, 7) is 0. The van der Waals surface area contributed by atoms with Crippen molar-refractivity contribution >= 4 is 29.0 Å². The molecule has 7 nitrogen and oxygen atoms in total. The molecule has 172 valence electrons. The predicted molar refractivity (Wildman–Crippen MR) is 118 cm³/mol. The van der Waals surface area contributed by atoms with Gasteiger partial charge in [-0.3, -0.25) is 9.59 Å². The first kappa shape index (κ1) is 23.6. The molecule has 0 atom stereocenters. The van der Waals surface area contributed by atoms with Gasteiger partial charge in [0, 0.05) is 19.3 Å². The average molecular weight is 458 g/mol. The number of aromatic nitrogens is 1. The Hall–Kier alpha value is -4.08. The monoisotopic (exact) mass is 458 g/mol. The summed E-state index contributed by atoms with van der Waals surface area (Å²) in [5, 5.41) is 7.60. The third kappa shape index (κ3) is 6.00. The molecule has 0 aliphatic carbocycles. The molecule has 0 radical (unpaired) electrons. The van der Waals surface area contributed by atoms with Crippen molar-refractivity contribution in [3.05, 3.63) is 77.5 Å². The Kier molecular flexibility index (Phi) is 7.17. The number of carbonyl (C=O) groups is 2. The first-order chi connectivity index (χ1) is 15.7. The summed E-state index contributed by atoms with van der Waals surface area (Å²) in [5.74, 6) is -0.351. The number of hydrogen-bond donors (Lipinski definition) is 3. The minimum Gasteiger partial charge on any atom is -0.497 e. The van der Waals surface area contributed by atoms with E-state index in [4.69, 9.17) is 4.74 Å². The minimum absolute atomic E-state index is 0.00500. The number of rotatable bonds is 7. The number of alkyl halides is 3. The van der Waals surface area contributed by atoms with Crippen molar-refractivity contribution in [2.75, 3.05) is 24.8 Å². The molecule has 0 fully saturated rings. The molecule has 3 rings (SSSR count). The fourth-order valence-electron chi connectivity index (χ4n) is 3.04. The fraction of sp³-hybridized carbons (Fsp3) is 0.174. The largest absolute Gasteiger partial charge is 0.497 e. The Morgan fingerprint density at radius 3 is 2.36 bits per heavy atom. The van der Waals surface area contributed by atoms with Crippen LogP contribution in [0.3, 0.4) is 0 Å². The van der Waals surface area contributed by atoms with E-state index in [-0.39, 0.29) is 29.2 Å². The molecule has 3 aromatic rings. The van der Waals surface area contributed by atoms with Crippen molar-refractivity contribution in [2.45, 2.75) is 12.6 Å². The molecule has 1 aromatic heterocycles. The van der Waals surface area contributed by atoms with E-state index in [1.165, 1.54) is 26.3 Å². The van der Waals surface area contributed by atoms with Crippen LogP contribution in [-0.4, -0.2) is 31.0 Å². The number of amides is 2. The van der Waals surface area contributed by atoms with E-state index < -0.39 is 23.6 Å². The van der Waals surface area contributed by atoms with Gasteiger partial charge in [-0.15, -0.1) is 0 Å². The summed E-state index contributed by atoms with van der Waals surface area (Å²) in [5.41, 5.74) is -0.367. The van der Waals surface area contributed by atoms with Crippen LogP contribution in [0.2, 0.25) is 0 Å². The summed E-state index contributed by atoms with van der Waals surface area (Å²) >= 11 is 0. The molecule has 33 heavy (non-hydrogen) atoms. The van der Waals surface area contributed by atoms with Crippen molar-refractivity contribution in [3.63, 3.8) is 0 Å². The van der Waals surface area contributed by atoms with Gasteiger partial charge in [-0.05, 0) is 29.8 Å². The van der Waals surface area contributed by atoms with Crippen molar-refractivity contribution in [1.82, 2.24) is 10.3 Å². The van der Waals surface area contributed by atoms with E-state index >= 15 is 0 Å². The van der Waals surface area contributed by atoms with Crippen molar-refractivity contribution in [2.24, 2.45) is 0 Å². The zero-order valence-electron chi connectivity index (χ0n) is 17.8. The van der Waals surface area contributed by atoms with Crippen LogP contribution in [0.15, 0.2) is 60.8 Å². The smallest absolute Gasteiger partial charge is 0.419 e. The maximum Gasteiger partial charge on any atom is 0.419 e. The molecule has 0 unspecified atom stereocenters. The second kappa shape index (κ2) is 10.0. The molecular weight excluding hydrogens is 437 g/mol. The van der Waals surface area contributed by atoms with Gasteiger partial charge in [0.25, 0.3) is 5.91 Å². The summed E-state index contributed by atoms with van der Waals surface area (Å²) < 4.78 is 45.8. The Labute approximate surface area is 188 Å². The number of carbonyl (C=O) groups excluding carboxylic acids is 2. The molecule has 0 saturated carbocycles. The highest BCUT2D eigenvalue weighted by atomic mass is 19.4. The number of para-hydroxylation sites is 1. The lowest BCUT2D eigenvalue weighted by molar-refractivity contribution is -0.137. The van der Waals surface area contributed by atoms with Crippen LogP contribution < -0.4 is 20.7 Å². The molecule has 10 heteroatoms. The molecule has 0 aliphatic heterocycles. The molecule has 2 amide bonds. The summed E-state index contributed by atoms with van der Waals surface area (Å²) in [6.07, 6.45) is -4.08. The zero-order valence-corrected chi connectivity index (χ0v) is 17.8. The maximum absolute atomic E-state index is 13.6. The van der Waals surface area contributed by atoms with Crippen LogP contribution in [0.5, 0.6) is 5.75 Å². The van der Waals surface area contributed by atoms with Crippen LogP contribution >= 0.6 is 0 Å². The van der Waals surface area contributed by atoms with Crippen molar-refractivity contribution < 1.29 is 27.5 Å². The van der Waals surface area contributed by atoms with E-state index in [9.17, 15) is 22.8 Å². The van der Waals surface area contributed by atoms with Gasteiger partial charge in [0.05, 0.1) is 36.0 Å². The summed E-state index contributed by atoms with van der Waals surface area (Å²) in [7, 11) is 2.94. The predicted octanol–water partition coefficient (Wildman–Crippen LogP) is 4.39. The van der Waals surface area contributed by atoms with Gasteiger partial charge in [-0.25, -0.2) is 4.98 Å². The van der Waals surface area contributed by atoms with Crippen molar-refractivity contribution in [3.8, 4) is 5.75 Å². The van der Waals surface area contributed by atoms with Gasteiger partial charge < -0.3 is 20.7 Å². The molecule has 1 heterocycles. The molecule has 3 N–H and O–H groups in total. The number of halogens is 3.